The number of nitrogens with two attached hydrogens (primary N) is 1. The van der Waals surface area contributed by atoms with E-state index in [1.165, 1.54) is 11.3 Å². The van der Waals surface area contributed by atoms with Gasteiger partial charge >= 0.3 is 0 Å². The zero-order valence-corrected chi connectivity index (χ0v) is 20.8. The molecule has 1 aliphatic rings. The SMILES string of the molecule is CN=C(NCCCN1CCCC(C(N)=O)C1)NC(C)Cc1c(C)nn(C)c1C.I. The molecule has 0 aromatic carbocycles. The summed E-state index contributed by atoms with van der Waals surface area (Å²) in [4.78, 5) is 18.1. The lowest BCUT2D eigenvalue weighted by atomic mass is 9.97. The van der Waals surface area contributed by atoms with Crippen LogP contribution < -0.4 is 16.4 Å². The second kappa shape index (κ2) is 12.4. The van der Waals surface area contributed by atoms with Gasteiger partial charge in [0.05, 0.1) is 11.6 Å². The van der Waals surface area contributed by atoms with E-state index in [2.05, 4.69) is 46.4 Å². The lowest BCUT2D eigenvalue weighted by Gasteiger charge is -2.31. The largest absolute Gasteiger partial charge is 0.369 e. The van der Waals surface area contributed by atoms with E-state index in [-0.39, 0.29) is 41.8 Å². The monoisotopic (exact) mass is 519 g/mol. The molecule has 2 rings (SSSR count). The number of nitrogens with one attached hydrogen (secondary N) is 2. The molecule has 2 atom stereocenters. The number of guanidine groups is 1. The minimum absolute atomic E-state index is 0. The topological polar surface area (TPSA) is 101 Å². The Morgan fingerprint density at radius 3 is 2.72 bits per heavy atom. The fraction of sp³-hybridized carbons (Fsp3) is 0.750. The summed E-state index contributed by atoms with van der Waals surface area (Å²) in [7, 11) is 3.78. The van der Waals surface area contributed by atoms with Gasteiger partial charge in [-0.2, -0.15) is 5.10 Å². The van der Waals surface area contributed by atoms with Crippen molar-refractivity contribution in [2.24, 2.45) is 23.7 Å². The number of amides is 1. The number of carbonyl (C=O) groups excluding carboxylic acids is 1. The molecule has 0 bridgehead atoms. The number of aliphatic imine (C=N–C) groups is 1. The van der Waals surface area contributed by atoms with Crippen molar-refractivity contribution in [3.05, 3.63) is 17.0 Å². The molecular formula is C20H38IN7O. The third-order valence-electron chi connectivity index (χ3n) is 5.63. The van der Waals surface area contributed by atoms with Gasteiger partial charge < -0.3 is 21.3 Å². The van der Waals surface area contributed by atoms with E-state index in [1.54, 1.807) is 7.05 Å². The van der Waals surface area contributed by atoms with Gasteiger partial charge in [-0.1, -0.05) is 0 Å². The molecule has 1 fully saturated rings. The van der Waals surface area contributed by atoms with Crippen LogP contribution in [0.4, 0.5) is 0 Å². The molecule has 1 amide bonds. The molecule has 2 unspecified atom stereocenters. The van der Waals surface area contributed by atoms with E-state index in [1.807, 2.05) is 11.7 Å². The Labute approximate surface area is 192 Å². The predicted molar refractivity (Wildman–Crippen MR) is 129 cm³/mol. The van der Waals surface area contributed by atoms with Crippen molar-refractivity contribution in [3.63, 3.8) is 0 Å². The quantitative estimate of drug-likeness (QED) is 0.208. The minimum atomic E-state index is -0.166. The zero-order chi connectivity index (χ0) is 20.7. The Morgan fingerprint density at radius 2 is 2.14 bits per heavy atom. The molecule has 29 heavy (non-hydrogen) atoms. The molecule has 0 saturated carbocycles. The summed E-state index contributed by atoms with van der Waals surface area (Å²) in [6.45, 7) is 9.99. The molecule has 0 spiro atoms. The van der Waals surface area contributed by atoms with Gasteiger partial charge in [-0.15, -0.1) is 24.0 Å². The summed E-state index contributed by atoms with van der Waals surface area (Å²) < 4.78 is 1.94. The van der Waals surface area contributed by atoms with E-state index in [9.17, 15) is 4.79 Å². The standard InChI is InChI=1S/C20H37N7O.HI/c1-14(12-18-15(2)25-26(5)16(18)3)24-20(22-4)23-9-7-11-27-10-6-8-17(13-27)19(21)28;/h14,17H,6-13H2,1-5H3,(H2,21,28)(H2,22,23,24);1H. The van der Waals surface area contributed by atoms with Crippen LogP contribution in [-0.2, 0) is 18.3 Å². The van der Waals surface area contributed by atoms with Crippen LogP contribution in [0.1, 0.15) is 43.1 Å². The van der Waals surface area contributed by atoms with Crippen molar-refractivity contribution in [3.8, 4) is 0 Å². The van der Waals surface area contributed by atoms with Crippen molar-refractivity contribution >= 4 is 35.8 Å². The van der Waals surface area contributed by atoms with Gasteiger partial charge in [0.1, 0.15) is 0 Å². The van der Waals surface area contributed by atoms with Crippen molar-refractivity contribution in [2.45, 2.75) is 52.5 Å². The molecular weight excluding hydrogens is 481 g/mol. The van der Waals surface area contributed by atoms with Crippen molar-refractivity contribution in [2.75, 3.05) is 33.2 Å². The highest BCUT2D eigenvalue weighted by atomic mass is 127. The van der Waals surface area contributed by atoms with Gasteiger partial charge in [0.2, 0.25) is 5.91 Å². The number of carbonyl (C=O) groups is 1. The molecule has 1 saturated heterocycles. The number of likely N-dealkylation sites (tertiary alicyclic amines) is 1. The summed E-state index contributed by atoms with van der Waals surface area (Å²) in [5.74, 6) is 0.664. The average Bonchev–Trinajstić information content (AvgIpc) is 2.90. The molecule has 0 aliphatic carbocycles. The molecule has 1 aromatic rings. The number of rotatable bonds is 8. The number of aryl methyl sites for hydroxylation is 2. The maximum Gasteiger partial charge on any atom is 0.221 e. The first kappa shape index (κ1) is 25.7. The van der Waals surface area contributed by atoms with Gasteiger partial charge in [0, 0.05) is 38.9 Å². The Balaban J connectivity index is 0.00000420. The van der Waals surface area contributed by atoms with Gasteiger partial charge in [-0.25, -0.2) is 0 Å². The fourth-order valence-corrected chi connectivity index (χ4v) is 3.90. The van der Waals surface area contributed by atoms with E-state index in [0.717, 1.165) is 63.5 Å². The Bertz CT molecular complexity index is 689. The zero-order valence-electron chi connectivity index (χ0n) is 18.5. The first-order chi connectivity index (χ1) is 13.3. The molecule has 0 radical (unpaired) electrons. The first-order valence-corrected chi connectivity index (χ1v) is 10.3. The Morgan fingerprint density at radius 1 is 1.41 bits per heavy atom. The highest BCUT2D eigenvalue weighted by Crippen LogP contribution is 2.16. The second-order valence-electron chi connectivity index (χ2n) is 7.92. The second-order valence-corrected chi connectivity index (χ2v) is 7.92. The third kappa shape index (κ3) is 7.76. The third-order valence-corrected chi connectivity index (χ3v) is 5.63. The lowest BCUT2D eigenvalue weighted by Crippen LogP contribution is -2.45. The van der Waals surface area contributed by atoms with Crippen LogP contribution in [0.2, 0.25) is 0 Å². The number of primary amides is 1. The maximum absolute atomic E-state index is 11.4. The highest BCUT2D eigenvalue weighted by Gasteiger charge is 2.23. The van der Waals surface area contributed by atoms with Gasteiger partial charge in [-0.05, 0) is 65.1 Å². The molecule has 4 N–H and O–H groups in total. The van der Waals surface area contributed by atoms with E-state index >= 15 is 0 Å². The number of halogens is 1. The summed E-state index contributed by atoms with van der Waals surface area (Å²) in [5, 5.41) is 11.4. The van der Waals surface area contributed by atoms with Crippen LogP contribution in [0, 0.1) is 19.8 Å². The van der Waals surface area contributed by atoms with Crippen LogP contribution >= 0.6 is 24.0 Å². The Hall–Kier alpha value is -1.36. The van der Waals surface area contributed by atoms with Crippen molar-refractivity contribution in [1.29, 1.82) is 0 Å². The smallest absolute Gasteiger partial charge is 0.221 e. The van der Waals surface area contributed by atoms with E-state index in [4.69, 9.17) is 5.73 Å². The van der Waals surface area contributed by atoms with Crippen molar-refractivity contribution < 1.29 is 4.79 Å². The molecule has 2 heterocycles. The number of piperidine rings is 1. The molecule has 166 valence electrons. The molecule has 1 aliphatic heterocycles. The van der Waals surface area contributed by atoms with Gasteiger partial charge in [0.25, 0.3) is 0 Å². The van der Waals surface area contributed by atoms with Crippen LogP contribution in [0.3, 0.4) is 0 Å². The average molecular weight is 519 g/mol. The summed E-state index contributed by atoms with van der Waals surface area (Å²) >= 11 is 0. The fourth-order valence-electron chi connectivity index (χ4n) is 3.90. The number of nitrogens with zero attached hydrogens (tertiary/aromatic N) is 4. The summed E-state index contributed by atoms with van der Waals surface area (Å²) in [6, 6.07) is 0.256. The van der Waals surface area contributed by atoms with Crippen molar-refractivity contribution in [1.82, 2.24) is 25.3 Å². The van der Waals surface area contributed by atoms with E-state index in [0.29, 0.717) is 0 Å². The number of hydrogen-bond donors (Lipinski definition) is 3. The lowest BCUT2D eigenvalue weighted by molar-refractivity contribution is -0.123. The maximum atomic E-state index is 11.4. The number of hydrogen-bond acceptors (Lipinski definition) is 4. The molecule has 9 heteroatoms. The van der Waals surface area contributed by atoms with Gasteiger partial charge in [0.15, 0.2) is 5.96 Å². The van der Waals surface area contributed by atoms with Gasteiger partial charge in [-0.3, -0.25) is 14.5 Å². The highest BCUT2D eigenvalue weighted by molar-refractivity contribution is 14.0. The summed E-state index contributed by atoms with van der Waals surface area (Å²) in [5.41, 5.74) is 9.06. The normalized spacial score (nSPS) is 18.8. The van der Waals surface area contributed by atoms with Crippen LogP contribution in [0.5, 0.6) is 0 Å². The van der Waals surface area contributed by atoms with Crippen LogP contribution in [0.15, 0.2) is 4.99 Å². The first-order valence-electron chi connectivity index (χ1n) is 10.3. The minimum Gasteiger partial charge on any atom is -0.369 e. The summed E-state index contributed by atoms with van der Waals surface area (Å²) in [6.07, 6.45) is 3.89. The van der Waals surface area contributed by atoms with E-state index < -0.39 is 0 Å². The Kier molecular flexibility index (Phi) is 10.9. The molecule has 8 nitrogen and oxygen atoms in total. The predicted octanol–water partition coefficient (Wildman–Crippen LogP) is 1.34. The van der Waals surface area contributed by atoms with Crippen LogP contribution in [0.25, 0.3) is 0 Å². The number of aromatic nitrogens is 2. The van der Waals surface area contributed by atoms with Crippen LogP contribution in [-0.4, -0.2) is 65.8 Å². The molecule has 1 aromatic heterocycles.